The average Bonchev–Trinajstić information content (AvgIpc) is 2.75. The molecule has 1 rings (SSSR count). The van der Waals surface area contributed by atoms with Crippen LogP contribution in [0.25, 0.3) is 0 Å². The summed E-state index contributed by atoms with van der Waals surface area (Å²) in [4.78, 5) is 0. The fourth-order valence-electron chi connectivity index (χ4n) is 2.86. The molecule has 0 saturated heterocycles. The molecule has 1 N–H and O–H groups in total. The standard InChI is InChI=1S/C17H33N3/c1-5-7-8-9-10-11-12-13-16(18-6-2)17-14-15(3)19-20(17)4/h14,16,18H,5-13H2,1-4H3. The third-order valence-corrected chi connectivity index (χ3v) is 3.94. The van der Waals surface area contributed by atoms with Crippen molar-refractivity contribution < 1.29 is 0 Å². The summed E-state index contributed by atoms with van der Waals surface area (Å²) in [6.07, 6.45) is 10.8. The maximum atomic E-state index is 4.47. The number of hydrogen-bond donors (Lipinski definition) is 1. The molecule has 20 heavy (non-hydrogen) atoms. The van der Waals surface area contributed by atoms with Crippen molar-refractivity contribution in [1.82, 2.24) is 15.1 Å². The maximum Gasteiger partial charge on any atom is 0.0597 e. The molecule has 1 aromatic heterocycles. The number of aromatic nitrogens is 2. The van der Waals surface area contributed by atoms with Crippen molar-refractivity contribution in [3.05, 3.63) is 17.5 Å². The van der Waals surface area contributed by atoms with Crippen LogP contribution in [0, 0.1) is 6.92 Å². The third-order valence-electron chi connectivity index (χ3n) is 3.94. The fourth-order valence-corrected chi connectivity index (χ4v) is 2.86. The number of unbranched alkanes of at least 4 members (excludes halogenated alkanes) is 6. The van der Waals surface area contributed by atoms with Crippen LogP contribution in [0.2, 0.25) is 0 Å². The largest absolute Gasteiger partial charge is 0.309 e. The average molecular weight is 279 g/mol. The molecule has 1 aromatic rings. The summed E-state index contributed by atoms with van der Waals surface area (Å²) in [6, 6.07) is 2.68. The van der Waals surface area contributed by atoms with Crippen molar-refractivity contribution in [1.29, 1.82) is 0 Å². The Hall–Kier alpha value is -0.830. The number of rotatable bonds is 11. The summed E-state index contributed by atoms with van der Waals surface area (Å²) in [7, 11) is 2.05. The van der Waals surface area contributed by atoms with Crippen LogP contribution in [0.1, 0.15) is 82.6 Å². The Morgan fingerprint density at radius 3 is 2.30 bits per heavy atom. The number of nitrogens with one attached hydrogen (secondary N) is 1. The third kappa shape index (κ3) is 6.08. The molecule has 0 aromatic carbocycles. The van der Waals surface area contributed by atoms with Crippen LogP contribution in [0.15, 0.2) is 6.07 Å². The lowest BCUT2D eigenvalue weighted by atomic mass is 10.0. The van der Waals surface area contributed by atoms with Gasteiger partial charge in [0.1, 0.15) is 0 Å². The Balaban J connectivity index is 2.31. The van der Waals surface area contributed by atoms with Crippen LogP contribution in [-0.2, 0) is 7.05 Å². The SMILES string of the molecule is CCCCCCCCCC(NCC)c1cc(C)nn1C. The summed E-state index contributed by atoms with van der Waals surface area (Å²) in [5.74, 6) is 0. The highest BCUT2D eigenvalue weighted by Gasteiger charge is 2.14. The lowest BCUT2D eigenvalue weighted by Gasteiger charge is -2.18. The molecule has 0 aliphatic carbocycles. The molecule has 0 aliphatic rings. The van der Waals surface area contributed by atoms with Crippen molar-refractivity contribution >= 4 is 0 Å². The molecule has 1 heterocycles. The predicted molar refractivity (Wildman–Crippen MR) is 87.0 cm³/mol. The first-order valence-corrected chi connectivity index (χ1v) is 8.43. The van der Waals surface area contributed by atoms with E-state index in [1.54, 1.807) is 0 Å². The van der Waals surface area contributed by atoms with E-state index in [4.69, 9.17) is 0 Å². The summed E-state index contributed by atoms with van der Waals surface area (Å²) >= 11 is 0. The summed E-state index contributed by atoms with van der Waals surface area (Å²) in [6.45, 7) is 7.55. The zero-order valence-electron chi connectivity index (χ0n) is 13.9. The van der Waals surface area contributed by atoms with Crippen LogP contribution >= 0.6 is 0 Å². The predicted octanol–water partition coefficient (Wildman–Crippen LogP) is 4.52. The van der Waals surface area contributed by atoms with Gasteiger partial charge in [-0.2, -0.15) is 5.10 Å². The lowest BCUT2D eigenvalue weighted by molar-refractivity contribution is 0.451. The maximum absolute atomic E-state index is 4.47. The molecule has 0 fully saturated rings. The quantitative estimate of drug-likeness (QED) is 0.604. The molecule has 1 atom stereocenters. The van der Waals surface area contributed by atoms with E-state index in [9.17, 15) is 0 Å². The highest BCUT2D eigenvalue weighted by atomic mass is 15.3. The smallest absolute Gasteiger partial charge is 0.0597 e. The van der Waals surface area contributed by atoms with E-state index >= 15 is 0 Å². The molecule has 3 nitrogen and oxygen atoms in total. The number of aryl methyl sites for hydroxylation is 2. The zero-order valence-corrected chi connectivity index (χ0v) is 13.9. The van der Waals surface area contributed by atoms with Crippen molar-refractivity contribution in [2.75, 3.05) is 6.54 Å². The van der Waals surface area contributed by atoms with Gasteiger partial charge in [0, 0.05) is 13.1 Å². The second-order valence-corrected chi connectivity index (χ2v) is 5.85. The highest BCUT2D eigenvalue weighted by Crippen LogP contribution is 2.21. The van der Waals surface area contributed by atoms with E-state index < -0.39 is 0 Å². The summed E-state index contributed by atoms with van der Waals surface area (Å²) in [5, 5.41) is 8.07. The van der Waals surface area contributed by atoms with E-state index in [0.717, 1.165) is 12.2 Å². The van der Waals surface area contributed by atoms with E-state index in [1.807, 2.05) is 4.68 Å². The van der Waals surface area contributed by atoms with Crippen LogP contribution < -0.4 is 5.32 Å². The molecule has 0 amide bonds. The second kappa shape index (κ2) is 9.98. The monoisotopic (exact) mass is 279 g/mol. The molecular weight excluding hydrogens is 246 g/mol. The van der Waals surface area contributed by atoms with Crippen molar-refractivity contribution in [3.8, 4) is 0 Å². The van der Waals surface area contributed by atoms with Crippen molar-refractivity contribution in [2.24, 2.45) is 7.05 Å². The molecule has 0 saturated carbocycles. The Morgan fingerprint density at radius 2 is 1.75 bits per heavy atom. The Morgan fingerprint density at radius 1 is 1.10 bits per heavy atom. The molecule has 116 valence electrons. The first-order chi connectivity index (χ1) is 9.69. The van der Waals surface area contributed by atoms with Gasteiger partial charge >= 0.3 is 0 Å². The lowest BCUT2D eigenvalue weighted by Crippen LogP contribution is -2.23. The molecule has 0 bridgehead atoms. The molecular formula is C17H33N3. The van der Waals surface area contributed by atoms with E-state index in [1.165, 1.54) is 57.1 Å². The van der Waals surface area contributed by atoms with Crippen LogP contribution in [0.3, 0.4) is 0 Å². The Kier molecular flexibility index (Phi) is 8.59. The summed E-state index contributed by atoms with van der Waals surface area (Å²) < 4.78 is 2.03. The molecule has 0 radical (unpaired) electrons. The first-order valence-electron chi connectivity index (χ1n) is 8.43. The van der Waals surface area contributed by atoms with Gasteiger partial charge in [-0.3, -0.25) is 4.68 Å². The van der Waals surface area contributed by atoms with Gasteiger partial charge in [0.05, 0.1) is 11.4 Å². The minimum absolute atomic E-state index is 0.460. The molecule has 0 aliphatic heterocycles. The van der Waals surface area contributed by atoms with Gasteiger partial charge < -0.3 is 5.32 Å². The molecule has 1 unspecified atom stereocenters. The fraction of sp³-hybridized carbons (Fsp3) is 0.824. The van der Waals surface area contributed by atoms with E-state index in [0.29, 0.717) is 6.04 Å². The minimum Gasteiger partial charge on any atom is -0.309 e. The van der Waals surface area contributed by atoms with Gasteiger partial charge in [-0.1, -0.05) is 58.8 Å². The topological polar surface area (TPSA) is 29.9 Å². The van der Waals surface area contributed by atoms with E-state index in [-0.39, 0.29) is 0 Å². The normalized spacial score (nSPS) is 12.8. The minimum atomic E-state index is 0.460. The van der Waals surface area contributed by atoms with Crippen molar-refractivity contribution in [3.63, 3.8) is 0 Å². The van der Waals surface area contributed by atoms with Crippen molar-refractivity contribution in [2.45, 2.75) is 78.2 Å². The van der Waals surface area contributed by atoms with Gasteiger partial charge in [0.2, 0.25) is 0 Å². The van der Waals surface area contributed by atoms with Gasteiger partial charge in [0.15, 0.2) is 0 Å². The molecule has 3 heteroatoms. The van der Waals surface area contributed by atoms with Gasteiger partial charge in [0.25, 0.3) is 0 Å². The van der Waals surface area contributed by atoms with Crippen LogP contribution in [0.4, 0.5) is 0 Å². The van der Waals surface area contributed by atoms with Gasteiger partial charge in [-0.05, 0) is 26.0 Å². The van der Waals surface area contributed by atoms with E-state index in [2.05, 4.69) is 44.3 Å². The summed E-state index contributed by atoms with van der Waals surface area (Å²) in [5.41, 5.74) is 2.44. The number of hydrogen-bond acceptors (Lipinski definition) is 2. The number of nitrogens with zero attached hydrogens (tertiary/aromatic N) is 2. The second-order valence-electron chi connectivity index (χ2n) is 5.85. The Bertz CT molecular complexity index is 357. The van der Waals surface area contributed by atoms with Gasteiger partial charge in [-0.15, -0.1) is 0 Å². The van der Waals surface area contributed by atoms with Crippen LogP contribution in [-0.4, -0.2) is 16.3 Å². The van der Waals surface area contributed by atoms with Crippen LogP contribution in [0.5, 0.6) is 0 Å². The first kappa shape index (κ1) is 17.2. The van der Waals surface area contributed by atoms with Gasteiger partial charge in [-0.25, -0.2) is 0 Å². The molecule has 0 spiro atoms. The zero-order chi connectivity index (χ0) is 14.8. The highest BCUT2D eigenvalue weighted by molar-refractivity contribution is 5.13. The Labute approximate surface area is 125 Å².